The molecule has 1 atom stereocenters. The number of hydrogen-bond donors (Lipinski definition) is 2. The molecule has 3 aromatic rings. The van der Waals surface area contributed by atoms with Gasteiger partial charge in [-0.25, -0.2) is 0 Å². The van der Waals surface area contributed by atoms with Gasteiger partial charge in [-0.1, -0.05) is 22.9 Å². The summed E-state index contributed by atoms with van der Waals surface area (Å²) in [7, 11) is 0. The number of aryl methyl sites for hydroxylation is 1. The van der Waals surface area contributed by atoms with Gasteiger partial charge in [-0.05, 0) is 38.1 Å². The fourth-order valence-electron chi connectivity index (χ4n) is 2.46. The third kappa shape index (κ3) is 4.48. The van der Waals surface area contributed by atoms with Gasteiger partial charge in [0.15, 0.2) is 0 Å². The standard InChI is InChI=1S/C19H21N5O3/c1-12-6-7-16(26-10-8-20)14(11-12)18(25)22-13(2)19-23-17(24-27-19)15-5-3-4-9-21-15/h3-7,9,11,13H,8,10,20H2,1-2H3,(H,22,25)/t13-/m0/s1. The molecule has 1 amide bonds. The summed E-state index contributed by atoms with van der Waals surface area (Å²) in [5, 5.41) is 6.78. The van der Waals surface area contributed by atoms with E-state index in [0.717, 1.165) is 5.56 Å². The van der Waals surface area contributed by atoms with E-state index in [0.29, 0.717) is 41.9 Å². The van der Waals surface area contributed by atoms with Crippen molar-refractivity contribution in [3.63, 3.8) is 0 Å². The van der Waals surface area contributed by atoms with Crippen molar-refractivity contribution in [1.29, 1.82) is 0 Å². The highest BCUT2D eigenvalue weighted by Gasteiger charge is 2.20. The molecule has 0 bridgehead atoms. The van der Waals surface area contributed by atoms with Crippen LogP contribution in [0.3, 0.4) is 0 Å². The van der Waals surface area contributed by atoms with Crippen LogP contribution in [0.2, 0.25) is 0 Å². The summed E-state index contributed by atoms with van der Waals surface area (Å²) in [6, 6.07) is 10.3. The molecule has 0 saturated carbocycles. The lowest BCUT2D eigenvalue weighted by Crippen LogP contribution is -2.27. The van der Waals surface area contributed by atoms with Crippen LogP contribution < -0.4 is 15.8 Å². The van der Waals surface area contributed by atoms with E-state index in [1.54, 1.807) is 37.4 Å². The number of pyridine rings is 1. The fourth-order valence-corrected chi connectivity index (χ4v) is 2.46. The maximum atomic E-state index is 12.7. The normalized spacial score (nSPS) is 11.8. The molecule has 2 heterocycles. The fraction of sp³-hybridized carbons (Fsp3) is 0.263. The Bertz CT molecular complexity index is 911. The van der Waals surface area contributed by atoms with Crippen molar-refractivity contribution in [3.05, 3.63) is 59.6 Å². The molecule has 0 spiro atoms. The predicted octanol–water partition coefficient (Wildman–Crippen LogP) is 2.27. The minimum Gasteiger partial charge on any atom is -0.491 e. The smallest absolute Gasteiger partial charge is 0.255 e. The van der Waals surface area contributed by atoms with Crippen LogP contribution in [0.1, 0.15) is 34.8 Å². The highest BCUT2D eigenvalue weighted by atomic mass is 16.5. The SMILES string of the molecule is Cc1ccc(OCCN)c(C(=O)N[C@@H](C)c2nc(-c3ccccn3)no2)c1. The zero-order valence-electron chi connectivity index (χ0n) is 15.2. The first-order valence-electron chi connectivity index (χ1n) is 8.58. The maximum Gasteiger partial charge on any atom is 0.255 e. The van der Waals surface area contributed by atoms with Crippen molar-refractivity contribution in [3.8, 4) is 17.3 Å². The predicted molar refractivity (Wildman–Crippen MR) is 99.1 cm³/mol. The van der Waals surface area contributed by atoms with Crippen molar-refractivity contribution in [2.75, 3.05) is 13.2 Å². The lowest BCUT2D eigenvalue weighted by Gasteiger charge is -2.14. The van der Waals surface area contributed by atoms with E-state index in [2.05, 4.69) is 20.4 Å². The first kappa shape index (κ1) is 18.5. The van der Waals surface area contributed by atoms with Gasteiger partial charge in [0.1, 0.15) is 24.1 Å². The molecule has 0 aliphatic carbocycles. The summed E-state index contributed by atoms with van der Waals surface area (Å²) in [5.41, 5.74) is 7.46. The van der Waals surface area contributed by atoms with E-state index in [1.165, 1.54) is 0 Å². The number of nitrogens with two attached hydrogens (primary N) is 1. The molecule has 0 aliphatic heterocycles. The Balaban J connectivity index is 1.75. The largest absolute Gasteiger partial charge is 0.491 e. The van der Waals surface area contributed by atoms with Gasteiger partial charge in [0.25, 0.3) is 5.91 Å². The summed E-state index contributed by atoms with van der Waals surface area (Å²) in [6.45, 7) is 4.37. The number of rotatable bonds is 7. The number of nitrogens with zero attached hydrogens (tertiary/aromatic N) is 3. The van der Waals surface area contributed by atoms with E-state index in [1.807, 2.05) is 19.1 Å². The number of benzene rings is 1. The molecular formula is C19H21N5O3. The number of carbonyl (C=O) groups excluding carboxylic acids is 1. The zero-order valence-corrected chi connectivity index (χ0v) is 15.2. The lowest BCUT2D eigenvalue weighted by molar-refractivity contribution is 0.0928. The van der Waals surface area contributed by atoms with Crippen LogP contribution >= 0.6 is 0 Å². The molecule has 0 unspecified atom stereocenters. The van der Waals surface area contributed by atoms with Gasteiger partial charge in [0.2, 0.25) is 11.7 Å². The number of amides is 1. The summed E-state index contributed by atoms with van der Waals surface area (Å²) in [6.07, 6.45) is 1.65. The van der Waals surface area contributed by atoms with Crippen LogP contribution in [0.5, 0.6) is 5.75 Å². The van der Waals surface area contributed by atoms with Gasteiger partial charge < -0.3 is 20.3 Å². The Kier molecular flexibility index (Phi) is 5.77. The summed E-state index contributed by atoms with van der Waals surface area (Å²) < 4.78 is 10.8. The summed E-state index contributed by atoms with van der Waals surface area (Å²) >= 11 is 0. The average Bonchev–Trinajstić information content (AvgIpc) is 3.18. The number of ether oxygens (including phenoxy) is 1. The molecule has 3 rings (SSSR count). The van der Waals surface area contributed by atoms with E-state index in [4.69, 9.17) is 15.0 Å². The second-order valence-corrected chi connectivity index (χ2v) is 6.00. The Morgan fingerprint density at radius 1 is 1.33 bits per heavy atom. The van der Waals surface area contributed by atoms with Crippen LogP contribution in [0.25, 0.3) is 11.5 Å². The van der Waals surface area contributed by atoms with Crippen molar-refractivity contribution in [1.82, 2.24) is 20.4 Å². The van der Waals surface area contributed by atoms with Crippen molar-refractivity contribution in [2.24, 2.45) is 5.73 Å². The van der Waals surface area contributed by atoms with Crippen LogP contribution in [-0.4, -0.2) is 34.2 Å². The molecule has 0 fully saturated rings. The van der Waals surface area contributed by atoms with Crippen LogP contribution in [0.4, 0.5) is 0 Å². The molecule has 140 valence electrons. The second kappa shape index (κ2) is 8.41. The highest BCUT2D eigenvalue weighted by Crippen LogP contribution is 2.22. The molecule has 1 aromatic carbocycles. The zero-order chi connectivity index (χ0) is 19.2. The van der Waals surface area contributed by atoms with Gasteiger partial charge in [0, 0.05) is 12.7 Å². The Labute approximate surface area is 156 Å². The van der Waals surface area contributed by atoms with Crippen LogP contribution in [0.15, 0.2) is 47.1 Å². The molecular weight excluding hydrogens is 346 g/mol. The van der Waals surface area contributed by atoms with Gasteiger partial charge in [-0.2, -0.15) is 4.98 Å². The van der Waals surface area contributed by atoms with Crippen molar-refractivity contribution < 1.29 is 14.1 Å². The number of carbonyl (C=O) groups is 1. The number of nitrogens with one attached hydrogen (secondary N) is 1. The molecule has 0 aliphatic rings. The van der Waals surface area contributed by atoms with Gasteiger partial charge in [-0.15, -0.1) is 0 Å². The molecule has 0 radical (unpaired) electrons. The summed E-state index contributed by atoms with van der Waals surface area (Å²) in [4.78, 5) is 21.2. The van der Waals surface area contributed by atoms with E-state index in [9.17, 15) is 4.79 Å². The monoisotopic (exact) mass is 367 g/mol. The summed E-state index contributed by atoms with van der Waals surface area (Å²) in [5.74, 6) is 0.849. The molecule has 27 heavy (non-hydrogen) atoms. The Hall–Kier alpha value is -3.26. The quantitative estimate of drug-likeness (QED) is 0.658. The number of hydrogen-bond acceptors (Lipinski definition) is 7. The lowest BCUT2D eigenvalue weighted by atomic mass is 10.1. The maximum absolute atomic E-state index is 12.7. The minimum atomic E-state index is -0.481. The average molecular weight is 367 g/mol. The van der Waals surface area contributed by atoms with E-state index < -0.39 is 6.04 Å². The first-order valence-corrected chi connectivity index (χ1v) is 8.58. The molecule has 8 heteroatoms. The third-order valence-electron chi connectivity index (χ3n) is 3.81. The molecule has 2 aromatic heterocycles. The van der Waals surface area contributed by atoms with Gasteiger partial charge in [0.05, 0.1) is 5.56 Å². The Morgan fingerprint density at radius 3 is 2.93 bits per heavy atom. The second-order valence-electron chi connectivity index (χ2n) is 6.00. The third-order valence-corrected chi connectivity index (χ3v) is 3.81. The molecule has 0 saturated heterocycles. The van der Waals surface area contributed by atoms with Gasteiger partial charge >= 0.3 is 0 Å². The van der Waals surface area contributed by atoms with E-state index in [-0.39, 0.29) is 5.91 Å². The van der Waals surface area contributed by atoms with Crippen LogP contribution in [0, 0.1) is 6.92 Å². The highest BCUT2D eigenvalue weighted by molar-refractivity contribution is 5.97. The van der Waals surface area contributed by atoms with E-state index >= 15 is 0 Å². The first-order chi connectivity index (χ1) is 13.1. The minimum absolute atomic E-state index is 0.293. The Morgan fingerprint density at radius 2 is 2.19 bits per heavy atom. The van der Waals surface area contributed by atoms with Crippen LogP contribution in [-0.2, 0) is 0 Å². The molecule has 8 nitrogen and oxygen atoms in total. The number of aromatic nitrogens is 3. The topological polar surface area (TPSA) is 116 Å². The van der Waals surface area contributed by atoms with Crippen molar-refractivity contribution in [2.45, 2.75) is 19.9 Å². The van der Waals surface area contributed by atoms with Gasteiger partial charge in [-0.3, -0.25) is 9.78 Å². The molecule has 3 N–H and O–H groups in total. The van der Waals surface area contributed by atoms with Crippen molar-refractivity contribution >= 4 is 5.91 Å².